The van der Waals surface area contributed by atoms with E-state index >= 15 is 0 Å². The molecule has 26 heavy (non-hydrogen) atoms. The molecule has 2 amide bonds. The lowest BCUT2D eigenvalue weighted by atomic mass is 10.0. The van der Waals surface area contributed by atoms with E-state index in [-0.39, 0.29) is 18.0 Å². The number of benzene rings is 1. The number of nitrogens with one attached hydrogen (secondary N) is 1. The number of hydrogen-bond donors (Lipinski definition) is 1. The zero-order valence-electron chi connectivity index (χ0n) is 15.4. The first-order valence-electron chi connectivity index (χ1n) is 9.23. The second-order valence-corrected chi connectivity index (χ2v) is 6.73. The Morgan fingerprint density at radius 1 is 1.27 bits per heavy atom. The molecular weight excluding hydrogens is 334 g/mol. The van der Waals surface area contributed by atoms with E-state index in [9.17, 15) is 9.59 Å². The Hall–Kier alpha value is -2.28. The molecule has 1 aromatic rings. The standard InChI is InChI=1S/C19H27N3O4/c1-3-26-19(24)21-9-7-14(8-10-21)20-15-11-18(23)22(13-15)16-5-4-6-17(12-16)25-2/h4-6,12,14-15,20H,3,7-11,13H2,1-2H3/t15-/m1/s1. The van der Waals surface area contributed by atoms with E-state index < -0.39 is 0 Å². The van der Waals surface area contributed by atoms with E-state index in [1.807, 2.05) is 36.1 Å². The van der Waals surface area contributed by atoms with Crippen LogP contribution in [-0.2, 0) is 9.53 Å². The number of methoxy groups -OCH3 is 1. The summed E-state index contributed by atoms with van der Waals surface area (Å²) in [4.78, 5) is 27.7. The van der Waals surface area contributed by atoms with Crippen molar-refractivity contribution in [1.29, 1.82) is 0 Å². The maximum absolute atomic E-state index is 12.4. The lowest BCUT2D eigenvalue weighted by molar-refractivity contribution is -0.117. The molecule has 0 aliphatic carbocycles. The number of rotatable bonds is 5. The summed E-state index contributed by atoms with van der Waals surface area (Å²) in [5.41, 5.74) is 0.871. The van der Waals surface area contributed by atoms with Crippen LogP contribution in [0.15, 0.2) is 24.3 Å². The highest BCUT2D eigenvalue weighted by atomic mass is 16.6. The third kappa shape index (κ3) is 4.27. The van der Waals surface area contributed by atoms with Gasteiger partial charge in [-0.2, -0.15) is 0 Å². The molecule has 2 aliphatic rings. The number of carbonyl (C=O) groups is 2. The predicted octanol–water partition coefficient (Wildman–Crippen LogP) is 2.01. The maximum atomic E-state index is 12.4. The minimum Gasteiger partial charge on any atom is -0.497 e. The Balaban J connectivity index is 1.51. The van der Waals surface area contributed by atoms with Crippen molar-refractivity contribution in [2.75, 3.05) is 38.3 Å². The molecule has 0 bridgehead atoms. The van der Waals surface area contributed by atoms with Gasteiger partial charge >= 0.3 is 6.09 Å². The third-order valence-corrected chi connectivity index (χ3v) is 4.98. The van der Waals surface area contributed by atoms with Crippen LogP contribution in [0.2, 0.25) is 0 Å². The zero-order valence-corrected chi connectivity index (χ0v) is 15.4. The van der Waals surface area contributed by atoms with Crippen molar-refractivity contribution in [3.8, 4) is 5.75 Å². The van der Waals surface area contributed by atoms with E-state index in [0.29, 0.717) is 38.7 Å². The Morgan fingerprint density at radius 3 is 2.73 bits per heavy atom. The summed E-state index contributed by atoms with van der Waals surface area (Å²) in [5.74, 6) is 0.873. The second kappa shape index (κ2) is 8.40. The van der Waals surface area contributed by atoms with Crippen molar-refractivity contribution in [2.24, 2.45) is 0 Å². The number of hydrogen-bond acceptors (Lipinski definition) is 5. The molecule has 7 nitrogen and oxygen atoms in total. The fourth-order valence-electron chi connectivity index (χ4n) is 3.62. The van der Waals surface area contributed by atoms with Crippen LogP contribution in [0, 0.1) is 0 Å². The van der Waals surface area contributed by atoms with Gasteiger partial charge in [-0.1, -0.05) is 6.07 Å². The fraction of sp³-hybridized carbons (Fsp3) is 0.579. The van der Waals surface area contributed by atoms with Crippen molar-refractivity contribution < 1.29 is 19.1 Å². The number of likely N-dealkylation sites (tertiary alicyclic amines) is 1. The largest absolute Gasteiger partial charge is 0.497 e. The van der Waals surface area contributed by atoms with Gasteiger partial charge < -0.3 is 24.6 Å². The Morgan fingerprint density at radius 2 is 2.04 bits per heavy atom. The summed E-state index contributed by atoms with van der Waals surface area (Å²) in [5, 5.41) is 3.60. The highest BCUT2D eigenvalue weighted by Gasteiger charge is 2.33. The van der Waals surface area contributed by atoms with Crippen LogP contribution in [0.3, 0.4) is 0 Å². The summed E-state index contributed by atoms with van der Waals surface area (Å²) in [6, 6.07) is 8.04. The molecule has 1 N–H and O–H groups in total. The van der Waals surface area contributed by atoms with Crippen molar-refractivity contribution in [1.82, 2.24) is 10.2 Å². The number of nitrogens with zero attached hydrogens (tertiary/aromatic N) is 2. The molecule has 7 heteroatoms. The lowest BCUT2D eigenvalue weighted by Crippen LogP contribution is -2.48. The number of amides is 2. The molecule has 1 atom stereocenters. The van der Waals surface area contributed by atoms with Crippen LogP contribution in [-0.4, -0.2) is 62.3 Å². The summed E-state index contributed by atoms with van der Waals surface area (Å²) in [6.45, 7) is 4.26. The van der Waals surface area contributed by atoms with E-state index in [0.717, 1.165) is 24.3 Å². The highest BCUT2D eigenvalue weighted by molar-refractivity contribution is 5.96. The molecule has 2 fully saturated rings. The SMILES string of the molecule is CCOC(=O)N1CCC(N[C@@H]2CC(=O)N(c3cccc(OC)c3)C2)CC1. The second-order valence-electron chi connectivity index (χ2n) is 6.73. The zero-order chi connectivity index (χ0) is 18.5. The van der Waals surface area contributed by atoms with Crippen LogP contribution in [0.4, 0.5) is 10.5 Å². The van der Waals surface area contributed by atoms with Crippen LogP contribution in [0.5, 0.6) is 5.75 Å². The number of ether oxygens (including phenoxy) is 2. The smallest absolute Gasteiger partial charge is 0.409 e. The molecule has 2 heterocycles. The van der Waals surface area contributed by atoms with E-state index in [4.69, 9.17) is 9.47 Å². The van der Waals surface area contributed by atoms with E-state index in [1.54, 1.807) is 12.0 Å². The number of anilines is 1. The van der Waals surface area contributed by atoms with Crippen molar-refractivity contribution >= 4 is 17.7 Å². The minimum absolute atomic E-state index is 0.125. The highest BCUT2D eigenvalue weighted by Crippen LogP contribution is 2.26. The predicted molar refractivity (Wildman–Crippen MR) is 98.5 cm³/mol. The average Bonchev–Trinajstić information content (AvgIpc) is 3.02. The van der Waals surface area contributed by atoms with Gasteiger partial charge in [0, 0.05) is 49.9 Å². The first-order valence-corrected chi connectivity index (χ1v) is 9.23. The topological polar surface area (TPSA) is 71.1 Å². The Kier molecular flexibility index (Phi) is 5.98. The fourth-order valence-corrected chi connectivity index (χ4v) is 3.62. The van der Waals surface area contributed by atoms with Crippen LogP contribution in [0.1, 0.15) is 26.2 Å². The summed E-state index contributed by atoms with van der Waals surface area (Å²) in [7, 11) is 1.62. The molecule has 2 saturated heterocycles. The summed E-state index contributed by atoms with van der Waals surface area (Å²) >= 11 is 0. The van der Waals surface area contributed by atoms with E-state index in [1.165, 1.54) is 0 Å². The van der Waals surface area contributed by atoms with Gasteiger partial charge in [-0.3, -0.25) is 4.79 Å². The van der Waals surface area contributed by atoms with Crippen LogP contribution >= 0.6 is 0 Å². The van der Waals surface area contributed by atoms with Gasteiger partial charge in [0.05, 0.1) is 13.7 Å². The maximum Gasteiger partial charge on any atom is 0.409 e. The lowest BCUT2D eigenvalue weighted by Gasteiger charge is -2.33. The molecule has 3 rings (SSSR count). The van der Waals surface area contributed by atoms with Crippen LogP contribution in [0.25, 0.3) is 0 Å². The van der Waals surface area contributed by atoms with Crippen LogP contribution < -0.4 is 15.0 Å². The molecule has 0 unspecified atom stereocenters. The molecule has 0 aromatic heterocycles. The molecule has 142 valence electrons. The van der Waals surface area contributed by atoms with Gasteiger partial charge in [-0.15, -0.1) is 0 Å². The van der Waals surface area contributed by atoms with Gasteiger partial charge in [0.2, 0.25) is 5.91 Å². The third-order valence-electron chi connectivity index (χ3n) is 4.98. The van der Waals surface area contributed by atoms with E-state index in [2.05, 4.69) is 5.32 Å². The first kappa shape index (κ1) is 18.5. The quantitative estimate of drug-likeness (QED) is 0.869. The van der Waals surface area contributed by atoms with Crippen molar-refractivity contribution in [2.45, 2.75) is 38.3 Å². The molecule has 0 radical (unpaired) electrons. The Labute approximate surface area is 154 Å². The van der Waals surface area contributed by atoms with Gasteiger partial charge in [-0.05, 0) is 31.9 Å². The molecule has 2 aliphatic heterocycles. The first-order chi connectivity index (χ1) is 12.6. The Bertz CT molecular complexity index is 643. The minimum atomic E-state index is -0.230. The molecule has 0 saturated carbocycles. The molecule has 0 spiro atoms. The summed E-state index contributed by atoms with van der Waals surface area (Å²) in [6.07, 6.45) is 2.02. The molecule has 1 aromatic carbocycles. The van der Waals surface area contributed by atoms with Gasteiger partial charge in [0.1, 0.15) is 5.75 Å². The van der Waals surface area contributed by atoms with Crippen molar-refractivity contribution in [3.05, 3.63) is 24.3 Å². The van der Waals surface area contributed by atoms with Gasteiger partial charge in [-0.25, -0.2) is 4.79 Å². The van der Waals surface area contributed by atoms with Gasteiger partial charge in [0.15, 0.2) is 0 Å². The number of carbonyl (C=O) groups excluding carboxylic acids is 2. The normalized spacial score (nSPS) is 21.2. The molecular formula is C19H27N3O4. The van der Waals surface area contributed by atoms with Crippen molar-refractivity contribution in [3.63, 3.8) is 0 Å². The number of piperidine rings is 1. The monoisotopic (exact) mass is 361 g/mol. The average molecular weight is 361 g/mol. The van der Waals surface area contributed by atoms with Gasteiger partial charge in [0.25, 0.3) is 0 Å². The summed E-state index contributed by atoms with van der Waals surface area (Å²) < 4.78 is 10.3.